The summed E-state index contributed by atoms with van der Waals surface area (Å²) < 4.78 is 39.0. The summed E-state index contributed by atoms with van der Waals surface area (Å²) in [4.78, 5) is 13.1. The lowest BCUT2D eigenvalue weighted by atomic mass is 9.89. The molecule has 208 valence electrons. The van der Waals surface area contributed by atoms with Crippen LogP contribution in [-0.2, 0) is 9.53 Å². The Hall–Kier alpha value is -4.15. The van der Waals surface area contributed by atoms with E-state index < -0.39 is 36.8 Å². The number of rotatable bonds is 11. The lowest BCUT2D eigenvalue weighted by molar-refractivity contribution is -0.144. The minimum atomic E-state index is -1.29. The van der Waals surface area contributed by atoms with Gasteiger partial charge >= 0.3 is 5.97 Å². The van der Waals surface area contributed by atoms with Crippen LogP contribution in [0, 0.1) is 0 Å². The molecule has 0 fully saturated rings. The molecule has 3 aromatic carbocycles. The summed E-state index contributed by atoms with van der Waals surface area (Å²) in [6.45, 7) is -0.496. The van der Waals surface area contributed by atoms with Crippen LogP contribution in [0.2, 0.25) is 0 Å². The number of benzene rings is 3. The Morgan fingerprint density at radius 1 is 0.846 bits per heavy atom. The maximum absolute atomic E-state index is 13.1. The van der Waals surface area contributed by atoms with E-state index in [1.807, 2.05) is 0 Å². The second-order valence-electron chi connectivity index (χ2n) is 8.73. The van der Waals surface area contributed by atoms with Crippen LogP contribution < -0.4 is 28.4 Å². The molecule has 0 bridgehead atoms. The molecule has 10 nitrogen and oxygen atoms in total. The van der Waals surface area contributed by atoms with Crippen molar-refractivity contribution in [1.82, 2.24) is 0 Å². The number of aliphatic hydroxyl groups excluding tert-OH is 2. The molecule has 2 N–H and O–H groups in total. The van der Waals surface area contributed by atoms with E-state index in [0.717, 1.165) is 0 Å². The fourth-order valence-electron chi connectivity index (χ4n) is 4.65. The van der Waals surface area contributed by atoms with E-state index in [-0.39, 0.29) is 0 Å². The molecule has 1 heterocycles. The molecule has 0 saturated heterocycles. The fraction of sp³-hybridized carbons (Fsp3) is 0.345. The number of carbonyl (C=O) groups excluding carboxylic acids is 1. The van der Waals surface area contributed by atoms with Crippen LogP contribution in [0.1, 0.15) is 34.8 Å². The topological polar surface area (TPSA) is 122 Å². The SMILES string of the molecule is COC(=O)[C@@H]1c2cc(C(O)C(CO)Oc3ccccc3OC)cc(OC)c2O[C@H]1c1ccc(OC)c(OC)c1. The van der Waals surface area contributed by atoms with Crippen molar-refractivity contribution >= 4 is 5.97 Å². The Balaban J connectivity index is 1.74. The van der Waals surface area contributed by atoms with Crippen molar-refractivity contribution in [1.29, 1.82) is 0 Å². The van der Waals surface area contributed by atoms with Crippen molar-refractivity contribution in [2.45, 2.75) is 24.2 Å². The molecule has 1 aliphatic rings. The van der Waals surface area contributed by atoms with E-state index in [9.17, 15) is 15.0 Å². The maximum atomic E-state index is 13.1. The fourth-order valence-corrected chi connectivity index (χ4v) is 4.65. The third-order valence-corrected chi connectivity index (χ3v) is 6.62. The second-order valence-corrected chi connectivity index (χ2v) is 8.73. The zero-order valence-electron chi connectivity index (χ0n) is 22.4. The number of hydrogen-bond donors (Lipinski definition) is 2. The van der Waals surface area contributed by atoms with E-state index >= 15 is 0 Å². The smallest absolute Gasteiger partial charge is 0.317 e. The first-order valence-electron chi connectivity index (χ1n) is 12.2. The number of para-hydroxylation sites is 2. The quantitative estimate of drug-likeness (QED) is 0.349. The first-order chi connectivity index (χ1) is 18.9. The molecular weight excluding hydrogens is 508 g/mol. The lowest BCUT2D eigenvalue weighted by Crippen LogP contribution is -2.29. The van der Waals surface area contributed by atoms with Crippen LogP contribution in [0.5, 0.6) is 34.5 Å². The van der Waals surface area contributed by atoms with Crippen molar-refractivity contribution in [3.8, 4) is 34.5 Å². The molecule has 2 unspecified atom stereocenters. The Morgan fingerprint density at radius 3 is 2.10 bits per heavy atom. The Labute approximate surface area is 226 Å². The van der Waals surface area contributed by atoms with Gasteiger partial charge in [0.15, 0.2) is 40.6 Å². The lowest BCUT2D eigenvalue weighted by Gasteiger charge is -2.24. The highest BCUT2D eigenvalue weighted by molar-refractivity contribution is 5.82. The van der Waals surface area contributed by atoms with Crippen LogP contribution in [-0.4, -0.2) is 64.4 Å². The molecule has 0 spiro atoms. The second kappa shape index (κ2) is 12.1. The molecule has 4 rings (SSSR count). The van der Waals surface area contributed by atoms with Gasteiger partial charge in [0.05, 0.1) is 42.2 Å². The highest BCUT2D eigenvalue weighted by Gasteiger charge is 2.44. The summed E-state index contributed by atoms with van der Waals surface area (Å²) in [6, 6.07) is 15.4. The van der Waals surface area contributed by atoms with E-state index in [2.05, 4.69) is 0 Å². The van der Waals surface area contributed by atoms with Gasteiger partial charge in [0.2, 0.25) is 0 Å². The predicted molar refractivity (Wildman–Crippen MR) is 140 cm³/mol. The van der Waals surface area contributed by atoms with Gasteiger partial charge in [-0.2, -0.15) is 0 Å². The molecule has 4 atom stereocenters. The zero-order valence-corrected chi connectivity index (χ0v) is 22.4. The van der Waals surface area contributed by atoms with E-state index in [4.69, 9.17) is 33.2 Å². The summed E-state index contributed by atoms with van der Waals surface area (Å²) in [5, 5.41) is 21.4. The van der Waals surface area contributed by atoms with Gasteiger partial charge in [-0.15, -0.1) is 0 Å². The summed E-state index contributed by atoms with van der Waals surface area (Å²) in [7, 11) is 7.31. The molecule has 1 aliphatic heterocycles. The Morgan fingerprint density at radius 2 is 1.49 bits per heavy atom. The number of hydrogen-bond acceptors (Lipinski definition) is 10. The normalized spacial score (nSPS) is 17.3. The van der Waals surface area contributed by atoms with Crippen molar-refractivity contribution in [3.05, 3.63) is 71.3 Å². The Kier molecular flexibility index (Phi) is 8.68. The number of methoxy groups -OCH3 is 5. The molecule has 10 heteroatoms. The van der Waals surface area contributed by atoms with Gasteiger partial charge in [-0.1, -0.05) is 18.2 Å². The molecule has 0 aliphatic carbocycles. The number of fused-ring (bicyclic) bond motifs is 1. The van der Waals surface area contributed by atoms with Crippen LogP contribution in [0.25, 0.3) is 0 Å². The van der Waals surface area contributed by atoms with E-state index in [1.54, 1.807) is 54.6 Å². The van der Waals surface area contributed by atoms with Crippen LogP contribution in [0.4, 0.5) is 0 Å². The van der Waals surface area contributed by atoms with Crippen LogP contribution >= 0.6 is 0 Å². The zero-order chi connectivity index (χ0) is 28.1. The van der Waals surface area contributed by atoms with Gasteiger partial charge in [0.25, 0.3) is 0 Å². The molecule has 0 amide bonds. The number of esters is 1. The van der Waals surface area contributed by atoms with Crippen molar-refractivity contribution in [2.24, 2.45) is 0 Å². The van der Waals surface area contributed by atoms with E-state index in [0.29, 0.717) is 51.2 Å². The van der Waals surface area contributed by atoms with Crippen LogP contribution in [0.15, 0.2) is 54.6 Å². The molecule has 0 radical (unpaired) electrons. The van der Waals surface area contributed by atoms with Gasteiger partial charge in [-0.3, -0.25) is 4.79 Å². The molecule has 0 saturated carbocycles. The largest absolute Gasteiger partial charge is 0.493 e. The monoisotopic (exact) mass is 540 g/mol. The average molecular weight is 541 g/mol. The summed E-state index contributed by atoms with van der Waals surface area (Å²) in [6.07, 6.45) is -3.12. The first-order valence-corrected chi connectivity index (χ1v) is 12.2. The van der Waals surface area contributed by atoms with Gasteiger partial charge < -0.3 is 43.4 Å². The third kappa shape index (κ3) is 5.39. The van der Waals surface area contributed by atoms with Gasteiger partial charge in [-0.25, -0.2) is 0 Å². The molecule has 0 aromatic heterocycles. The van der Waals surface area contributed by atoms with Crippen LogP contribution in [0.3, 0.4) is 0 Å². The standard InChI is InChI=1S/C29H32O10/c1-33-19-8-6-7-9-21(19)38-24(15-30)26(31)17-12-18-25(29(32)37-5)27(39-28(18)23(14-17)36-4)16-10-11-20(34-2)22(13-16)35-3/h6-14,24-27,30-31H,15H2,1-5H3/t24?,25-,26?,27+/m1/s1. The average Bonchev–Trinajstić information content (AvgIpc) is 3.37. The predicted octanol–water partition coefficient (Wildman–Crippen LogP) is 3.58. The highest BCUT2D eigenvalue weighted by Crippen LogP contribution is 2.52. The third-order valence-electron chi connectivity index (χ3n) is 6.62. The van der Waals surface area contributed by atoms with Gasteiger partial charge in [0, 0.05) is 5.56 Å². The highest BCUT2D eigenvalue weighted by atomic mass is 16.5. The van der Waals surface area contributed by atoms with Crippen molar-refractivity contribution in [2.75, 3.05) is 42.2 Å². The molecular formula is C29H32O10. The van der Waals surface area contributed by atoms with Gasteiger partial charge in [0.1, 0.15) is 18.1 Å². The minimum absolute atomic E-state index is 0.299. The molecule has 39 heavy (non-hydrogen) atoms. The van der Waals surface area contributed by atoms with Crippen molar-refractivity contribution in [3.63, 3.8) is 0 Å². The number of carbonyl (C=O) groups is 1. The Bertz CT molecular complexity index is 1310. The first kappa shape index (κ1) is 27.9. The summed E-state index contributed by atoms with van der Waals surface area (Å²) >= 11 is 0. The maximum Gasteiger partial charge on any atom is 0.317 e. The number of ether oxygens (including phenoxy) is 7. The molecule has 3 aromatic rings. The summed E-state index contributed by atoms with van der Waals surface area (Å²) in [5.41, 5.74) is 1.46. The summed E-state index contributed by atoms with van der Waals surface area (Å²) in [5.74, 6) is 1.03. The van der Waals surface area contributed by atoms with Crippen molar-refractivity contribution < 1.29 is 48.2 Å². The van der Waals surface area contributed by atoms with Gasteiger partial charge in [-0.05, 0) is 47.5 Å². The van der Waals surface area contributed by atoms with E-state index in [1.165, 1.54) is 35.5 Å². The minimum Gasteiger partial charge on any atom is -0.493 e. The number of aliphatic hydroxyl groups is 2.